The van der Waals surface area contributed by atoms with Crippen LogP contribution in [0, 0.1) is 0 Å². The molecule has 2 heterocycles. The number of ether oxygens (including phenoxy) is 3. The van der Waals surface area contributed by atoms with Gasteiger partial charge in [0.25, 0.3) is 0 Å². The molecule has 0 aliphatic heterocycles. The minimum atomic E-state index is -0.924. The molecule has 8 heteroatoms. The highest BCUT2D eigenvalue weighted by Gasteiger charge is 2.31. The third kappa shape index (κ3) is 4.83. The first-order valence-electron chi connectivity index (χ1n) is 9.48. The maximum absolute atomic E-state index is 12.7. The van der Waals surface area contributed by atoms with Gasteiger partial charge in [0.1, 0.15) is 5.60 Å². The van der Waals surface area contributed by atoms with Crippen LogP contribution in [0.4, 0.5) is 4.79 Å². The summed E-state index contributed by atoms with van der Waals surface area (Å²) in [6.07, 6.45) is 0.647. The van der Waals surface area contributed by atoms with E-state index < -0.39 is 17.7 Å². The maximum atomic E-state index is 12.7. The van der Waals surface area contributed by atoms with E-state index in [1.807, 2.05) is 6.07 Å². The number of esters is 1. The molecule has 0 saturated heterocycles. The molecule has 1 aromatic carbocycles. The summed E-state index contributed by atoms with van der Waals surface area (Å²) in [5.74, 6) is -0.640. The topological polar surface area (TPSA) is 92.5 Å². The van der Waals surface area contributed by atoms with Crippen molar-refractivity contribution in [1.82, 2.24) is 14.8 Å². The van der Waals surface area contributed by atoms with Gasteiger partial charge >= 0.3 is 12.1 Å². The lowest BCUT2D eigenvalue weighted by Gasteiger charge is -2.19. The Hall–Kier alpha value is -3.68. The molecule has 0 aliphatic rings. The van der Waals surface area contributed by atoms with Crippen molar-refractivity contribution < 1.29 is 23.8 Å². The highest BCUT2D eigenvalue weighted by atomic mass is 16.7. The van der Waals surface area contributed by atoms with Crippen molar-refractivity contribution in [2.45, 2.75) is 33.3 Å². The Kier molecular flexibility index (Phi) is 6.15. The summed E-state index contributed by atoms with van der Waals surface area (Å²) in [6, 6.07) is 14.2. The quantitative estimate of drug-likeness (QED) is 0.576. The van der Waals surface area contributed by atoms with Gasteiger partial charge in [-0.2, -0.15) is 9.78 Å². The van der Waals surface area contributed by atoms with Gasteiger partial charge in [0, 0.05) is 6.20 Å². The average Bonchev–Trinajstić information content (AvgIpc) is 3.07. The number of rotatable bonds is 5. The molecule has 30 heavy (non-hydrogen) atoms. The lowest BCUT2D eigenvalue weighted by molar-refractivity contribution is 0.0192. The van der Waals surface area contributed by atoms with Crippen molar-refractivity contribution in [2.24, 2.45) is 0 Å². The molecule has 3 aromatic rings. The number of pyridine rings is 1. The fourth-order valence-electron chi connectivity index (χ4n) is 2.67. The Morgan fingerprint density at radius 2 is 1.73 bits per heavy atom. The van der Waals surface area contributed by atoms with Crippen LogP contribution in [0.5, 0.6) is 5.88 Å². The van der Waals surface area contributed by atoms with Crippen LogP contribution in [0.15, 0.2) is 54.7 Å². The third-order valence-electron chi connectivity index (χ3n) is 3.80. The molecule has 0 amide bonds. The highest BCUT2D eigenvalue weighted by molar-refractivity contribution is 5.97. The Labute approximate surface area is 174 Å². The van der Waals surface area contributed by atoms with Crippen molar-refractivity contribution in [2.75, 3.05) is 6.61 Å². The van der Waals surface area contributed by atoms with E-state index >= 15 is 0 Å². The Morgan fingerprint density at radius 3 is 2.33 bits per heavy atom. The van der Waals surface area contributed by atoms with E-state index in [0.29, 0.717) is 11.4 Å². The third-order valence-corrected chi connectivity index (χ3v) is 3.80. The summed E-state index contributed by atoms with van der Waals surface area (Å²) < 4.78 is 17.4. The summed E-state index contributed by atoms with van der Waals surface area (Å²) in [6.45, 7) is 7.05. The predicted molar refractivity (Wildman–Crippen MR) is 110 cm³/mol. The first kappa shape index (κ1) is 21.0. The SMILES string of the molecule is CCOC(=O)c1nn(-c2ccccc2)c(OC(=O)OC(C)(C)C)c1-c1ccccn1. The molecule has 0 unspecified atom stereocenters. The first-order chi connectivity index (χ1) is 14.3. The van der Waals surface area contributed by atoms with Crippen molar-refractivity contribution in [3.8, 4) is 22.8 Å². The van der Waals surface area contributed by atoms with Crippen LogP contribution in [0.3, 0.4) is 0 Å². The number of benzene rings is 1. The molecule has 0 aliphatic carbocycles. The number of hydrogen-bond acceptors (Lipinski definition) is 7. The average molecular weight is 409 g/mol. The first-order valence-corrected chi connectivity index (χ1v) is 9.48. The molecule has 0 radical (unpaired) electrons. The normalized spacial score (nSPS) is 11.1. The zero-order chi connectivity index (χ0) is 21.7. The van der Waals surface area contributed by atoms with E-state index in [0.717, 1.165) is 0 Å². The van der Waals surface area contributed by atoms with Gasteiger partial charge < -0.3 is 14.2 Å². The Morgan fingerprint density at radius 1 is 1.03 bits per heavy atom. The zero-order valence-electron chi connectivity index (χ0n) is 17.3. The molecule has 0 saturated carbocycles. The van der Waals surface area contributed by atoms with E-state index in [1.165, 1.54) is 4.68 Å². The fourth-order valence-corrected chi connectivity index (χ4v) is 2.67. The summed E-state index contributed by atoms with van der Waals surface area (Å²) in [5.41, 5.74) is 0.455. The van der Waals surface area contributed by atoms with Crippen molar-refractivity contribution in [1.29, 1.82) is 0 Å². The van der Waals surface area contributed by atoms with Gasteiger partial charge in [-0.1, -0.05) is 24.3 Å². The summed E-state index contributed by atoms with van der Waals surface area (Å²) in [5, 5.41) is 4.39. The minimum Gasteiger partial charge on any atom is -0.461 e. The van der Waals surface area contributed by atoms with Gasteiger partial charge in [0.05, 0.1) is 23.6 Å². The van der Waals surface area contributed by atoms with Gasteiger partial charge in [0.15, 0.2) is 5.69 Å². The minimum absolute atomic E-state index is 0.0113. The highest BCUT2D eigenvalue weighted by Crippen LogP contribution is 2.35. The number of nitrogens with zero attached hydrogens (tertiary/aromatic N) is 3. The van der Waals surface area contributed by atoms with Gasteiger partial charge in [-0.3, -0.25) is 4.98 Å². The van der Waals surface area contributed by atoms with Crippen LogP contribution in [0.1, 0.15) is 38.2 Å². The van der Waals surface area contributed by atoms with E-state index in [4.69, 9.17) is 14.2 Å². The van der Waals surface area contributed by atoms with E-state index in [2.05, 4.69) is 10.1 Å². The number of aromatic nitrogens is 3. The molecule has 0 fully saturated rings. The second-order valence-electron chi connectivity index (χ2n) is 7.28. The Balaban J connectivity index is 2.21. The van der Waals surface area contributed by atoms with E-state index in [9.17, 15) is 9.59 Å². The molecule has 2 aromatic heterocycles. The van der Waals surface area contributed by atoms with E-state index in [1.54, 1.807) is 76.4 Å². The van der Waals surface area contributed by atoms with Crippen molar-refractivity contribution in [3.05, 3.63) is 60.4 Å². The van der Waals surface area contributed by atoms with Crippen LogP contribution < -0.4 is 4.74 Å². The molecule has 0 bridgehead atoms. The maximum Gasteiger partial charge on any atom is 0.515 e. The van der Waals surface area contributed by atoms with E-state index in [-0.39, 0.29) is 23.7 Å². The fraction of sp³-hybridized carbons (Fsp3) is 0.273. The molecular formula is C22H23N3O5. The van der Waals surface area contributed by atoms with Crippen LogP contribution >= 0.6 is 0 Å². The monoisotopic (exact) mass is 409 g/mol. The summed E-state index contributed by atoms with van der Waals surface area (Å²) >= 11 is 0. The largest absolute Gasteiger partial charge is 0.515 e. The lowest BCUT2D eigenvalue weighted by atomic mass is 10.1. The number of carbonyl (C=O) groups excluding carboxylic acids is 2. The predicted octanol–water partition coefficient (Wildman–Crippen LogP) is 4.42. The van der Waals surface area contributed by atoms with Crippen LogP contribution in [-0.2, 0) is 9.47 Å². The van der Waals surface area contributed by atoms with Crippen LogP contribution in [-0.4, -0.2) is 39.1 Å². The molecule has 3 rings (SSSR count). The van der Waals surface area contributed by atoms with Crippen LogP contribution in [0.25, 0.3) is 16.9 Å². The molecule has 0 spiro atoms. The van der Waals surface area contributed by atoms with Crippen molar-refractivity contribution >= 4 is 12.1 Å². The molecule has 0 N–H and O–H groups in total. The number of hydrogen-bond donors (Lipinski definition) is 0. The second kappa shape index (κ2) is 8.77. The smallest absolute Gasteiger partial charge is 0.461 e. The second-order valence-corrected chi connectivity index (χ2v) is 7.28. The Bertz CT molecular complexity index is 1020. The molecule has 156 valence electrons. The summed E-state index contributed by atoms with van der Waals surface area (Å²) in [7, 11) is 0. The molecule has 8 nitrogen and oxygen atoms in total. The standard InChI is InChI=1S/C22H23N3O5/c1-5-28-20(26)18-17(16-13-9-10-14-23-16)19(29-21(27)30-22(2,3)4)25(24-18)15-11-7-6-8-12-15/h6-14H,5H2,1-4H3. The molecular weight excluding hydrogens is 386 g/mol. The van der Waals surface area contributed by atoms with Gasteiger partial charge in [-0.25, -0.2) is 9.59 Å². The molecule has 0 atom stereocenters. The van der Waals surface area contributed by atoms with Crippen LogP contribution in [0.2, 0.25) is 0 Å². The van der Waals surface area contributed by atoms with Gasteiger partial charge in [-0.05, 0) is 52.0 Å². The van der Waals surface area contributed by atoms with Gasteiger partial charge in [-0.15, -0.1) is 0 Å². The number of carbonyl (C=O) groups is 2. The van der Waals surface area contributed by atoms with Gasteiger partial charge in [0.2, 0.25) is 5.88 Å². The lowest BCUT2D eigenvalue weighted by Crippen LogP contribution is -2.26. The zero-order valence-corrected chi connectivity index (χ0v) is 17.3. The van der Waals surface area contributed by atoms with Crippen molar-refractivity contribution in [3.63, 3.8) is 0 Å². The number of para-hydroxylation sites is 1. The summed E-state index contributed by atoms with van der Waals surface area (Å²) in [4.78, 5) is 29.4.